The molecular formula is C23H25BrN4O5S. The number of sulfonamides is 1. The van der Waals surface area contributed by atoms with Crippen molar-refractivity contribution in [2.24, 2.45) is 5.73 Å². The molecule has 4 N–H and O–H groups in total. The highest BCUT2D eigenvalue weighted by atomic mass is 79.9. The molecule has 0 bridgehead atoms. The summed E-state index contributed by atoms with van der Waals surface area (Å²) in [5.74, 6) is -1.25. The minimum Gasteiger partial charge on any atom is -0.366 e. The maximum Gasteiger partial charge on any atom is 0.266 e. The van der Waals surface area contributed by atoms with Crippen LogP contribution in [-0.4, -0.2) is 61.9 Å². The molecule has 2 amide bonds. The number of nitrogens with one attached hydrogen (secondary N) is 2. The van der Waals surface area contributed by atoms with Crippen LogP contribution in [0.15, 0.2) is 57.9 Å². The smallest absolute Gasteiger partial charge is 0.266 e. The zero-order valence-electron chi connectivity index (χ0n) is 18.3. The van der Waals surface area contributed by atoms with E-state index >= 15 is 0 Å². The van der Waals surface area contributed by atoms with Crippen LogP contribution >= 0.6 is 15.9 Å². The predicted octanol–water partition coefficient (Wildman–Crippen LogP) is 2.17. The number of hydrogen-bond donors (Lipinski definition) is 3. The van der Waals surface area contributed by atoms with Gasteiger partial charge in [0.2, 0.25) is 10.0 Å². The summed E-state index contributed by atoms with van der Waals surface area (Å²) in [6, 6.07) is 14.9. The lowest BCUT2D eigenvalue weighted by Crippen LogP contribution is -2.51. The Labute approximate surface area is 205 Å². The van der Waals surface area contributed by atoms with Gasteiger partial charge in [-0.25, -0.2) is 8.42 Å². The van der Waals surface area contributed by atoms with Gasteiger partial charge in [-0.1, -0.05) is 46.3 Å². The Morgan fingerprint density at radius 3 is 2.71 bits per heavy atom. The van der Waals surface area contributed by atoms with Crippen LogP contribution in [0, 0.1) is 0 Å². The van der Waals surface area contributed by atoms with E-state index in [9.17, 15) is 18.0 Å². The number of morpholine rings is 1. The van der Waals surface area contributed by atoms with Gasteiger partial charge in [0, 0.05) is 35.0 Å². The Hall–Kier alpha value is -2.73. The quantitative estimate of drug-likeness (QED) is 0.371. The predicted molar refractivity (Wildman–Crippen MR) is 131 cm³/mol. The van der Waals surface area contributed by atoms with Crippen LogP contribution in [0.25, 0.3) is 10.9 Å². The summed E-state index contributed by atoms with van der Waals surface area (Å²) in [5.41, 5.74) is 6.93. The largest absolute Gasteiger partial charge is 0.366 e. The molecule has 2 aromatic carbocycles. The average molecular weight is 549 g/mol. The van der Waals surface area contributed by atoms with E-state index in [1.807, 2.05) is 30.3 Å². The zero-order chi connectivity index (χ0) is 24.3. The molecule has 11 heteroatoms. The van der Waals surface area contributed by atoms with Gasteiger partial charge in [0.05, 0.1) is 6.61 Å². The fourth-order valence-electron chi connectivity index (χ4n) is 3.98. The molecule has 1 atom stereocenters. The molecular weight excluding hydrogens is 524 g/mol. The summed E-state index contributed by atoms with van der Waals surface area (Å²) < 4.78 is 34.5. The van der Waals surface area contributed by atoms with Crippen molar-refractivity contribution in [1.29, 1.82) is 0 Å². The van der Waals surface area contributed by atoms with Crippen LogP contribution < -0.4 is 11.1 Å². The molecule has 0 radical (unpaired) electrons. The second-order valence-corrected chi connectivity index (χ2v) is 10.8. The van der Waals surface area contributed by atoms with Crippen molar-refractivity contribution in [2.75, 3.05) is 26.2 Å². The Bertz CT molecular complexity index is 1310. The van der Waals surface area contributed by atoms with Crippen molar-refractivity contribution in [3.8, 4) is 0 Å². The van der Waals surface area contributed by atoms with Crippen LogP contribution in [0.3, 0.4) is 0 Å². The highest BCUT2D eigenvalue weighted by Crippen LogP contribution is 2.32. The van der Waals surface area contributed by atoms with Crippen molar-refractivity contribution in [3.05, 3.63) is 64.3 Å². The molecule has 1 fully saturated rings. The molecule has 1 unspecified atom stereocenters. The number of carbonyl (C=O) groups excluding carboxylic acids is 2. The number of nitrogens with zero attached hydrogens (tertiary/aromatic N) is 1. The van der Waals surface area contributed by atoms with Crippen LogP contribution in [0.1, 0.15) is 22.5 Å². The van der Waals surface area contributed by atoms with Gasteiger partial charge >= 0.3 is 0 Å². The number of rotatable bonds is 8. The summed E-state index contributed by atoms with van der Waals surface area (Å²) in [6.45, 7) is 0.395. The molecule has 0 aliphatic carbocycles. The molecule has 1 aromatic heterocycles. The highest BCUT2D eigenvalue weighted by molar-refractivity contribution is 9.10. The Kier molecular flexibility index (Phi) is 7.36. The van der Waals surface area contributed by atoms with E-state index in [4.69, 9.17) is 10.5 Å². The van der Waals surface area contributed by atoms with E-state index in [-0.39, 0.29) is 36.2 Å². The van der Waals surface area contributed by atoms with Gasteiger partial charge in [-0.15, -0.1) is 0 Å². The molecule has 1 saturated heterocycles. The van der Waals surface area contributed by atoms with Gasteiger partial charge in [0.1, 0.15) is 16.7 Å². The first kappa shape index (κ1) is 24.4. The number of nitrogens with two attached hydrogens (primary N) is 1. The summed E-state index contributed by atoms with van der Waals surface area (Å²) in [6.07, 6.45) is 0.616. The first-order chi connectivity index (χ1) is 16.3. The van der Waals surface area contributed by atoms with Gasteiger partial charge in [-0.2, -0.15) is 4.31 Å². The van der Waals surface area contributed by atoms with Gasteiger partial charge in [-0.3, -0.25) is 9.59 Å². The average Bonchev–Trinajstić information content (AvgIpc) is 3.22. The number of halogens is 1. The number of amides is 2. The Morgan fingerprint density at radius 2 is 1.97 bits per heavy atom. The third kappa shape index (κ3) is 5.17. The summed E-state index contributed by atoms with van der Waals surface area (Å²) >= 11 is 3.34. The van der Waals surface area contributed by atoms with E-state index in [2.05, 4.69) is 26.2 Å². The van der Waals surface area contributed by atoms with E-state index in [0.29, 0.717) is 21.9 Å². The number of fused-ring (bicyclic) bond motifs is 1. The van der Waals surface area contributed by atoms with E-state index in [1.165, 1.54) is 9.87 Å². The molecule has 3 aromatic rings. The second kappa shape index (κ2) is 10.3. The standard InChI is InChI=1S/C23H25BrN4O5S/c24-16-8-9-18-17(13-16)21(20(27-18)22(25)29)34(31,32)28-11-12-33-19(14-28)23(30)26-10-4-7-15-5-2-1-3-6-15/h1-3,5-6,8-9,13,19,27H,4,7,10-12,14H2,(H2,25,29)(H,26,30). The normalized spacial score (nSPS) is 17.0. The number of aromatic nitrogens is 1. The third-order valence-electron chi connectivity index (χ3n) is 5.66. The maximum absolute atomic E-state index is 13.6. The van der Waals surface area contributed by atoms with Crippen LogP contribution in [0.2, 0.25) is 0 Å². The first-order valence-corrected chi connectivity index (χ1v) is 13.0. The lowest BCUT2D eigenvalue weighted by atomic mass is 10.1. The number of H-pyrrole nitrogens is 1. The van der Waals surface area contributed by atoms with E-state index < -0.39 is 22.0 Å². The number of aryl methyl sites for hydroxylation is 1. The Morgan fingerprint density at radius 1 is 1.21 bits per heavy atom. The number of benzene rings is 2. The molecule has 0 saturated carbocycles. The SMILES string of the molecule is NC(=O)c1[nH]c2ccc(Br)cc2c1S(=O)(=O)N1CCOC(C(=O)NCCCc2ccccc2)C1. The molecule has 4 rings (SSSR count). The van der Waals surface area contributed by atoms with Gasteiger partial charge in [0.25, 0.3) is 11.8 Å². The van der Waals surface area contributed by atoms with Crippen molar-refractivity contribution < 1.29 is 22.7 Å². The van der Waals surface area contributed by atoms with Crippen LogP contribution in [0.5, 0.6) is 0 Å². The van der Waals surface area contributed by atoms with Crippen molar-refractivity contribution in [3.63, 3.8) is 0 Å². The summed E-state index contributed by atoms with van der Waals surface area (Å²) in [5, 5.41) is 3.17. The molecule has 1 aliphatic rings. The van der Waals surface area contributed by atoms with Crippen LogP contribution in [-0.2, 0) is 26.0 Å². The third-order valence-corrected chi connectivity index (χ3v) is 8.11. The summed E-state index contributed by atoms with van der Waals surface area (Å²) in [7, 11) is -4.14. The maximum atomic E-state index is 13.6. The molecule has 2 heterocycles. The summed E-state index contributed by atoms with van der Waals surface area (Å²) in [4.78, 5) is 27.3. The molecule has 180 valence electrons. The van der Waals surface area contributed by atoms with E-state index in [1.54, 1.807) is 18.2 Å². The number of ether oxygens (including phenoxy) is 1. The Balaban J connectivity index is 1.47. The minimum absolute atomic E-state index is 0.0546. The molecule has 9 nitrogen and oxygen atoms in total. The lowest BCUT2D eigenvalue weighted by Gasteiger charge is -2.31. The van der Waals surface area contributed by atoms with Crippen molar-refractivity contribution in [1.82, 2.24) is 14.6 Å². The fourth-order valence-corrected chi connectivity index (χ4v) is 6.10. The van der Waals surface area contributed by atoms with Crippen molar-refractivity contribution in [2.45, 2.75) is 23.8 Å². The van der Waals surface area contributed by atoms with Gasteiger partial charge in [0.15, 0.2) is 0 Å². The number of carbonyl (C=O) groups is 2. The molecule has 0 spiro atoms. The minimum atomic E-state index is -4.14. The van der Waals surface area contributed by atoms with Gasteiger partial charge < -0.3 is 20.8 Å². The highest BCUT2D eigenvalue weighted by Gasteiger charge is 2.37. The number of hydrogen-bond acceptors (Lipinski definition) is 5. The fraction of sp³-hybridized carbons (Fsp3) is 0.304. The van der Waals surface area contributed by atoms with Crippen LogP contribution in [0.4, 0.5) is 0 Å². The van der Waals surface area contributed by atoms with E-state index in [0.717, 1.165) is 12.8 Å². The monoisotopic (exact) mass is 548 g/mol. The second-order valence-electron chi connectivity index (χ2n) is 7.99. The molecule has 34 heavy (non-hydrogen) atoms. The number of aromatic amines is 1. The first-order valence-electron chi connectivity index (χ1n) is 10.8. The topological polar surface area (TPSA) is 135 Å². The zero-order valence-corrected chi connectivity index (χ0v) is 20.7. The lowest BCUT2D eigenvalue weighted by molar-refractivity contribution is -0.136. The molecule has 1 aliphatic heterocycles. The van der Waals surface area contributed by atoms with Crippen molar-refractivity contribution >= 4 is 48.7 Å². The number of primary amides is 1. The van der Waals surface area contributed by atoms with Gasteiger partial charge in [-0.05, 0) is 36.6 Å².